The van der Waals surface area contributed by atoms with Crippen molar-refractivity contribution in [3.05, 3.63) is 0 Å². The smallest absolute Gasteiger partial charge is 0.0102 e. The van der Waals surface area contributed by atoms with E-state index in [1.54, 1.807) is 0 Å². The molecule has 2 aliphatic rings. The van der Waals surface area contributed by atoms with Gasteiger partial charge in [0.1, 0.15) is 0 Å². The van der Waals surface area contributed by atoms with Gasteiger partial charge in [-0.2, -0.15) is 0 Å². The zero-order chi connectivity index (χ0) is 12.3. The van der Waals surface area contributed by atoms with Crippen LogP contribution in [0.25, 0.3) is 0 Å². The van der Waals surface area contributed by atoms with E-state index in [-0.39, 0.29) is 0 Å². The van der Waals surface area contributed by atoms with Crippen LogP contribution < -0.4 is 5.32 Å². The average Bonchev–Trinajstić information content (AvgIpc) is 3.09. The summed E-state index contributed by atoms with van der Waals surface area (Å²) in [5.41, 5.74) is 0. The van der Waals surface area contributed by atoms with E-state index in [1.165, 1.54) is 51.7 Å². The highest BCUT2D eigenvalue weighted by Gasteiger charge is 2.37. The highest BCUT2D eigenvalue weighted by Crippen LogP contribution is 2.34. The molecule has 0 spiro atoms. The number of likely N-dealkylation sites (tertiary alicyclic amines) is 1. The largest absolute Gasteiger partial charge is 0.311 e. The normalized spacial score (nSPS) is 32.6. The third-order valence-electron chi connectivity index (χ3n) is 4.80. The standard InChI is InChI=1S/C15H30N2/c1-4-8-17-9-6-14(7-10-17)12(3)16-15-11-13(15)5-2/h12-16H,4-11H2,1-3H3. The number of rotatable bonds is 6. The summed E-state index contributed by atoms with van der Waals surface area (Å²) < 4.78 is 0. The molecule has 1 aliphatic carbocycles. The molecule has 0 amide bonds. The fourth-order valence-corrected chi connectivity index (χ4v) is 3.37. The molecule has 2 fully saturated rings. The van der Waals surface area contributed by atoms with E-state index in [0.717, 1.165) is 23.9 Å². The van der Waals surface area contributed by atoms with Crippen LogP contribution in [0, 0.1) is 11.8 Å². The van der Waals surface area contributed by atoms with Crippen molar-refractivity contribution < 1.29 is 0 Å². The van der Waals surface area contributed by atoms with Crippen LogP contribution in [0.3, 0.4) is 0 Å². The minimum Gasteiger partial charge on any atom is -0.311 e. The summed E-state index contributed by atoms with van der Waals surface area (Å²) in [5, 5.41) is 3.85. The Hall–Kier alpha value is -0.0800. The van der Waals surface area contributed by atoms with Crippen molar-refractivity contribution >= 4 is 0 Å². The summed E-state index contributed by atoms with van der Waals surface area (Å²) in [6, 6.07) is 1.59. The van der Waals surface area contributed by atoms with E-state index in [2.05, 4.69) is 31.0 Å². The molecular formula is C15H30N2. The Labute approximate surface area is 107 Å². The molecule has 1 aliphatic heterocycles. The highest BCUT2D eigenvalue weighted by atomic mass is 15.1. The van der Waals surface area contributed by atoms with Crippen LogP contribution in [0.5, 0.6) is 0 Å². The minimum absolute atomic E-state index is 0.736. The molecule has 0 aromatic carbocycles. The van der Waals surface area contributed by atoms with Crippen LogP contribution in [-0.4, -0.2) is 36.6 Å². The van der Waals surface area contributed by atoms with Gasteiger partial charge in [0.15, 0.2) is 0 Å². The lowest BCUT2D eigenvalue weighted by molar-refractivity contribution is 0.162. The Balaban J connectivity index is 1.66. The Morgan fingerprint density at radius 1 is 1.24 bits per heavy atom. The van der Waals surface area contributed by atoms with E-state index in [1.807, 2.05) is 0 Å². The van der Waals surface area contributed by atoms with E-state index in [9.17, 15) is 0 Å². The van der Waals surface area contributed by atoms with Gasteiger partial charge in [0.05, 0.1) is 0 Å². The quantitative estimate of drug-likeness (QED) is 0.765. The number of piperidine rings is 1. The van der Waals surface area contributed by atoms with Crippen LogP contribution in [0.1, 0.15) is 52.9 Å². The van der Waals surface area contributed by atoms with Crippen LogP contribution >= 0.6 is 0 Å². The first-order valence-corrected chi connectivity index (χ1v) is 7.73. The average molecular weight is 238 g/mol. The Kier molecular flexibility index (Phi) is 4.87. The molecule has 1 heterocycles. The number of nitrogens with zero attached hydrogens (tertiary/aromatic N) is 1. The lowest BCUT2D eigenvalue weighted by atomic mass is 9.90. The van der Waals surface area contributed by atoms with Crippen LogP contribution in [-0.2, 0) is 0 Å². The van der Waals surface area contributed by atoms with Crippen LogP contribution in [0.4, 0.5) is 0 Å². The molecule has 2 nitrogen and oxygen atoms in total. The van der Waals surface area contributed by atoms with Crippen molar-refractivity contribution in [2.24, 2.45) is 11.8 Å². The second kappa shape index (κ2) is 6.19. The second-order valence-electron chi connectivity index (χ2n) is 6.14. The van der Waals surface area contributed by atoms with Crippen molar-refractivity contribution in [3.63, 3.8) is 0 Å². The molecule has 3 unspecified atom stereocenters. The summed E-state index contributed by atoms with van der Waals surface area (Å²) in [6.45, 7) is 11.0. The van der Waals surface area contributed by atoms with Crippen molar-refractivity contribution in [3.8, 4) is 0 Å². The first-order valence-electron chi connectivity index (χ1n) is 7.73. The maximum atomic E-state index is 3.85. The van der Waals surface area contributed by atoms with E-state index < -0.39 is 0 Å². The van der Waals surface area contributed by atoms with Gasteiger partial charge >= 0.3 is 0 Å². The van der Waals surface area contributed by atoms with Crippen molar-refractivity contribution in [2.45, 2.75) is 65.0 Å². The topological polar surface area (TPSA) is 15.3 Å². The summed E-state index contributed by atoms with van der Waals surface area (Å²) in [6.07, 6.45) is 6.89. The molecule has 0 aromatic rings. The van der Waals surface area contributed by atoms with E-state index in [0.29, 0.717) is 0 Å². The van der Waals surface area contributed by atoms with Gasteiger partial charge in [-0.3, -0.25) is 0 Å². The maximum Gasteiger partial charge on any atom is 0.0102 e. The van der Waals surface area contributed by atoms with Crippen molar-refractivity contribution in [1.82, 2.24) is 10.2 Å². The molecule has 2 rings (SSSR count). The lowest BCUT2D eigenvalue weighted by Gasteiger charge is -2.35. The molecule has 100 valence electrons. The molecule has 0 bridgehead atoms. The number of nitrogens with one attached hydrogen (secondary N) is 1. The molecule has 3 atom stereocenters. The number of hydrogen-bond acceptors (Lipinski definition) is 2. The van der Waals surface area contributed by atoms with Gasteiger partial charge in [-0.25, -0.2) is 0 Å². The van der Waals surface area contributed by atoms with Crippen LogP contribution in [0.15, 0.2) is 0 Å². The fourth-order valence-electron chi connectivity index (χ4n) is 3.37. The minimum atomic E-state index is 0.736. The van der Waals surface area contributed by atoms with Gasteiger partial charge in [0.2, 0.25) is 0 Å². The first kappa shape index (κ1) is 13.4. The molecule has 2 heteroatoms. The number of hydrogen-bond donors (Lipinski definition) is 1. The van der Waals surface area contributed by atoms with Gasteiger partial charge in [-0.1, -0.05) is 20.3 Å². The molecule has 0 radical (unpaired) electrons. The van der Waals surface area contributed by atoms with E-state index in [4.69, 9.17) is 0 Å². The maximum absolute atomic E-state index is 3.85. The zero-order valence-electron chi connectivity index (χ0n) is 11.9. The Bertz CT molecular complexity index is 221. The van der Waals surface area contributed by atoms with Gasteiger partial charge in [-0.15, -0.1) is 0 Å². The summed E-state index contributed by atoms with van der Waals surface area (Å²) >= 11 is 0. The SMILES string of the molecule is CCCN1CCC(C(C)NC2CC2CC)CC1. The second-order valence-corrected chi connectivity index (χ2v) is 6.14. The van der Waals surface area contributed by atoms with Gasteiger partial charge in [0, 0.05) is 12.1 Å². The zero-order valence-corrected chi connectivity index (χ0v) is 11.9. The van der Waals surface area contributed by atoms with Crippen molar-refractivity contribution in [2.75, 3.05) is 19.6 Å². The molecule has 1 N–H and O–H groups in total. The third kappa shape index (κ3) is 3.69. The van der Waals surface area contributed by atoms with Gasteiger partial charge in [0.25, 0.3) is 0 Å². The van der Waals surface area contributed by atoms with Gasteiger partial charge in [-0.05, 0) is 64.1 Å². The molecule has 17 heavy (non-hydrogen) atoms. The Morgan fingerprint density at radius 3 is 2.47 bits per heavy atom. The predicted molar refractivity (Wildman–Crippen MR) is 74.2 cm³/mol. The molecule has 1 saturated heterocycles. The summed E-state index contributed by atoms with van der Waals surface area (Å²) in [7, 11) is 0. The fraction of sp³-hybridized carbons (Fsp3) is 1.00. The molecule has 0 aromatic heterocycles. The molecule has 1 saturated carbocycles. The summed E-state index contributed by atoms with van der Waals surface area (Å²) in [5.74, 6) is 1.90. The Morgan fingerprint density at radius 2 is 1.94 bits per heavy atom. The molecular weight excluding hydrogens is 208 g/mol. The lowest BCUT2D eigenvalue weighted by Crippen LogP contribution is -2.43. The highest BCUT2D eigenvalue weighted by molar-refractivity contribution is 4.94. The summed E-state index contributed by atoms with van der Waals surface area (Å²) in [4.78, 5) is 2.63. The third-order valence-corrected chi connectivity index (χ3v) is 4.80. The monoisotopic (exact) mass is 238 g/mol. The first-order chi connectivity index (χ1) is 8.24. The predicted octanol–water partition coefficient (Wildman–Crippen LogP) is 2.89. The van der Waals surface area contributed by atoms with Crippen LogP contribution in [0.2, 0.25) is 0 Å². The van der Waals surface area contributed by atoms with E-state index >= 15 is 0 Å². The van der Waals surface area contributed by atoms with Gasteiger partial charge < -0.3 is 10.2 Å². The van der Waals surface area contributed by atoms with Crippen molar-refractivity contribution in [1.29, 1.82) is 0 Å².